The van der Waals surface area contributed by atoms with Crippen molar-refractivity contribution in [2.45, 2.75) is 23.8 Å². The smallest absolute Gasteiger partial charge is 0.305 e. The van der Waals surface area contributed by atoms with Crippen LogP contribution in [0.25, 0.3) is 10.9 Å². The molecule has 0 spiro atoms. The maximum Gasteiger partial charge on any atom is 0.305 e. The number of benzene rings is 2. The van der Waals surface area contributed by atoms with Crippen LogP contribution in [0.4, 0.5) is 0 Å². The first-order valence-corrected chi connectivity index (χ1v) is 12.5. The van der Waals surface area contributed by atoms with E-state index in [9.17, 15) is 27.9 Å². The molecule has 196 valence electrons. The third-order valence-electron chi connectivity index (χ3n) is 5.44. The number of carboxylic acid groups (broad SMARTS) is 1. The van der Waals surface area contributed by atoms with Gasteiger partial charge in [0.15, 0.2) is 0 Å². The molecule has 0 saturated heterocycles. The van der Waals surface area contributed by atoms with Crippen molar-refractivity contribution in [3.63, 3.8) is 0 Å². The zero-order valence-corrected chi connectivity index (χ0v) is 20.9. The summed E-state index contributed by atoms with van der Waals surface area (Å²) >= 11 is 0. The molecule has 0 fully saturated rings. The fourth-order valence-corrected chi connectivity index (χ4v) is 4.88. The number of hydrogen-bond acceptors (Lipinski definition) is 8. The summed E-state index contributed by atoms with van der Waals surface area (Å²) in [6, 6.07) is 11.1. The first kappa shape index (κ1) is 27.5. The number of hydrogen-bond donors (Lipinski definition) is 3. The highest BCUT2D eigenvalue weighted by Gasteiger charge is 2.32. The minimum Gasteiger partial charge on any atom is -0.492 e. The van der Waals surface area contributed by atoms with Gasteiger partial charge in [0.1, 0.15) is 16.7 Å². The van der Waals surface area contributed by atoms with E-state index in [1.165, 1.54) is 26.3 Å². The molecule has 1 atom stereocenters. The number of hydroxylamine groups is 2. The number of nitrogens with two attached hydrogens (primary N) is 1. The van der Waals surface area contributed by atoms with Gasteiger partial charge in [-0.05, 0) is 35.9 Å². The summed E-state index contributed by atoms with van der Waals surface area (Å²) < 4.78 is 34.3. The van der Waals surface area contributed by atoms with Crippen LogP contribution in [0.2, 0.25) is 0 Å². The highest BCUT2D eigenvalue weighted by atomic mass is 32.2. The molecule has 12 nitrogen and oxygen atoms in total. The molecule has 37 heavy (non-hydrogen) atoms. The number of aliphatic carboxylic acids is 1. The number of sulfonamides is 1. The van der Waals surface area contributed by atoms with Gasteiger partial charge in [-0.15, -0.1) is 0 Å². The van der Waals surface area contributed by atoms with E-state index in [2.05, 4.69) is 9.71 Å². The van der Waals surface area contributed by atoms with E-state index in [-0.39, 0.29) is 17.9 Å². The van der Waals surface area contributed by atoms with Gasteiger partial charge in [0.2, 0.25) is 15.9 Å². The lowest BCUT2D eigenvalue weighted by molar-refractivity contribution is -0.171. The van der Waals surface area contributed by atoms with Crippen molar-refractivity contribution in [2.24, 2.45) is 5.73 Å². The molecule has 3 rings (SSSR count). The number of carbonyl (C=O) groups excluding carboxylic acids is 2. The average Bonchev–Trinajstić information content (AvgIpc) is 2.87. The number of nitrogens with one attached hydrogen (secondary N) is 1. The van der Waals surface area contributed by atoms with E-state index >= 15 is 0 Å². The molecule has 1 unspecified atom stereocenters. The molecule has 0 saturated carbocycles. The zero-order valence-electron chi connectivity index (χ0n) is 20.1. The van der Waals surface area contributed by atoms with Crippen LogP contribution >= 0.6 is 0 Å². The minimum absolute atomic E-state index is 0.000546. The van der Waals surface area contributed by atoms with Crippen LogP contribution in [-0.4, -0.2) is 68.2 Å². The molecule has 2 aromatic carbocycles. The fraction of sp³-hybridized carbons (Fsp3) is 0.250. The summed E-state index contributed by atoms with van der Waals surface area (Å²) in [5, 5.41) is 10.8. The first-order valence-electron chi connectivity index (χ1n) is 11.0. The molecule has 4 N–H and O–H groups in total. The lowest BCUT2D eigenvalue weighted by Crippen LogP contribution is -2.48. The number of primary amides is 1. The second kappa shape index (κ2) is 11.8. The van der Waals surface area contributed by atoms with E-state index in [4.69, 9.17) is 15.3 Å². The van der Waals surface area contributed by atoms with Crippen molar-refractivity contribution in [1.82, 2.24) is 14.8 Å². The van der Waals surface area contributed by atoms with Gasteiger partial charge in [0.25, 0.3) is 5.91 Å². The van der Waals surface area contributed by atoms with Crippen LogP contribution in [0, 0.1) is 0 Å². The Morgan fingerprint density at radius 3 is 2.59 bits per heavy atom. The molecule has 0 bridgehead atoms. The van der Waals surface area contributed by atoms with E-state index in [1.54, 1.807) is 12.3 Å². The van der Waals surface area contributed by atoms with Crippen molar-refractivity contribution in [1.29, 1.82) is 0 Å². The van der Waals surface area contributed by atoms with E-state index in [0.717, 1.165) is 22.5 Å². The highest BCUT2D eigenvalue weighted by Crippen LogP contribution is 2.27. The molecule has 13 heteroatoms. The van der Waals surface area contributed by atoms with Crippen molar-refractivity contribution in [3.05, 3.63) is 65.9 Å². The number of nitrogens with zero attached hydrogens (tertiary/aromatic N) is 2. The molecule has 2 amide bonds. The van der Waals surface area contributed by atoms with Gasteiger partial charge in [-0.25, -0.2) is 13.5 Å². The minimum atomic E-state index is -4.50. The molecule has 0 radical (unpaired) electrons. The number of pyridine rings is 1. The van der Waals surface area contributed by atoms with Gasteiger partial charge in [0.05, 0.1) is 25.7 Å². The highest BCUT2D eigenvalue weighted by molar-refractivity contribution is 7.89. The Morgan fingerprint density at radius 1 is 1.16 bits per heavy atom. The van der Waals surface area contributed by atoms with Crippen LogP contribution in [0.3, 0.4) is 0 Å². The van der Waals surface area contributed by atoms with Crippen LogP contribution in [0.1, 0.15) is 22.3 Å². The third kappa shape index (κ3) is 6.78. The second-order valence-corrected chi connectivity index (χ2v) is 9.58. The van der Waals surface area contributed by atoms with Gasteiger partial charge in [-0.1, -0.05) is 18.2 Å². The van der Waals surface area contributed by atoms with Crippen molar-refractivity contribution in [3.8, 4) is 5.75 Å². The van der Waals surface area contributed by atoms with Crippen LogP contribution < -0.4 is 15.2 Å². The number of likely N-dealkylation sites (N-methyl/N-ethyl adjacent to an activating group) is 1. The Hall–Kier alpha value is -4.07. The van der Waals surface area contributed by atoms with E-state index in [1.807, 2.05) is 24.3 Å². The Balaban J connectivity index is 1.90. The third-order valence-corrected chi connectivity index (χ3v) is 6.95. The normalized spacial score (nSPS) is 12.2. The number of carboxylic acids is 1. The quantitative estimate of drug-likeness (QED) is 0.289. The fourth-order valence-electron chi connectivity index (χ4n) is 3.57. The zero-order chi connectivity index (χ0) is 27.2. The topological polar surface area (TPSA) is 178 Å². The Labute approximate surface area is 213 Å². The van der Waals surface area contributed by atoms with E-state index in [0.29, 0.717) is 11.5 Å². The van der Waals surface area contributed by atoms with Crippen molar-refractivity contribution < 1.29 is 37.5 Å². The van der Waals surface area contributed by atoms with Gasteiger partial charge >= 0.3 is 5.97 Å². The summed E-state index contributed by atoms with van der Waals surface area (Å²) in [6.07, 6.45) is 1.22. The number of aromatic nitrogens is 1. The van der Waals surface area contributed by atoms with Crippen LogP contribution in [-0.2, 0) is 30.9 Å². The van der Waals surface area contributed by atoms with Crippen LogP contribution in [0.15, 0.2) is 59.6 Å². The lowest BCUT2D eigenvalue weighted by atomic mass is 10.1. The Morgan fingerprint density at radius 2 is 1.92 bits per heavy atom. The summed E-state index contributed by atoms with van der Waals surface area (Å²) in [5.74, 6) is -3.32. The number of ether oxygens (including phenoxy) is 1. The molecule has 3 aromatic rings. The van der Waals surface area contributed by atoms with Crippen LogP contribution in [0.5, 0.6) is 5.75 Å². The molecule has 0 aliphatic carbocycles. The Kier molecular flexibility index (Phi) is 8.76. The van der Waals surface area contributed by atoms with Gasteiger partial charge in [-0.2, -0.15) is 4.72 Å². The summed E-state index contributed by atoms with van der Waals surface area (Å²) in [7, 11) is -2.11. The predicted octanol–water partition coefficient (Wildman–Crippen LogP) is 1.10. The molecule has 1 heterocycles. The average molecular weight is 531 g/mol. The maximum absolute atomic E-state index is 13.2. The molecule has 0 aliphatic rings. The molecule has 1 aromatic heterocycles. The molecule has 0 aliphatic heterocycles. The standard InChI is InChI=1S/C24H26N4O8S/c1-28(35-2)24(32)19(14-22(29)30)27-37(33,34)21-9-8-16(23(25)31)13-20(21)36-12-10-15-5-3-7-18-17(15)6-4-11-26-18/h3-9,11,13,19,27H,10,12,14H2,1-2H3,(H2,25,31)(H,29,30). The number of carbonyl (C=O) groups is 3. The number of amides is 2. The lowest BCUT2D eigenvalue weighted by Gasteiger charge is -2.22. The predicted molar refractivity (Wildman–Crippen MR) is 132 cm³/mol. The molecular weight excluding hydrogens is 504 g/mol. The summed E-state index contributed by atoms with van der Waals surface area (Å²) in [5.41, 5.74) is 7.05. The maximum atomic E-state index is 13.2. The number of rotatable bonds is 12. The van der Waals surface area contributed by atoms with Gasteiger partial charge in [0, 0.05) is 30.6 Å². The van der Waals surface area contributed by atoms with Gasteiger partial charge < -0.3 is 15.6 Å². The summed E-state index contributed by atoms with van der Waals surface area (Å²) in [4.78, 5) is 44.2. The summed E-state index contributed by atoms with van der Waals surface area (Å²) in [6.45, 7) is 0.0304. The monoisotopic (exact) mass is 530 g/mol. The SMILES string of the molecule is CON(C)C(=O)C(CC(=O)O)NS(=O)(=O)c1ccc(C(N)=O)cc1OCCc1cccc2ncccc12. The van der Waals surface area contributed by atoms with Gasteiger partial charge in [-0.3, -0.25) is 24.2 Å². The first-order chi connectivity index (χ1) is 17.5. The van der Waals surface area contributed by atoms with E-state index < -0.39 is 45.2 Å². The van der Waals surface area contributed by atoms with Crippen molar-refractivity contribution >= 4 is 38.7 Å². The second-order valence-electron chi connectivity index (χ2n) is 7.90. The largest absolute Gasteiger partial charge is 0.492 e. The van der Waals surface area contributed by atoms with Crippen molar-refractivity contribution in [2.75, 3.05) is 20.8 Å². The Bertz CT molecular complexity index is 1420. The molecular formula is C24H26N4O8S. The number of fused-ring (bicyclic) bond motifs is 1.